The number of anilines is 1. The van der Waals surface area contributed by atoms with Gasteiger partial charge in [-0.3, -0.25) is 4.79 Å². The number of rotatable bonds is 2. The molecule has 1 heterocycles. The highest BCUT2D eigenvalue weighted by Crippen LogP contribution is 2.20. The van der Waals surface area contributed by atoms with Gasteiger partial charge in [0.15, 0.2) is 0 Å². The van der Waals surface area contributed by atoms with Crippen LogP contribution in [0.4, 0.5) is 5.69 Å². The SMILES string of the molecule is Cn1cnc2c(NC(=O)CCl)cccc21. The molecule has 2 aromatic rings. The predicted molar refractivity (Wildman–Crippen MR) is 60.1 cm³/mol. The average Bonchev–Trinajstić information content (AvgIpc) is 2.62. The number of amides is 1. The minimum absolute atomic E-state index is 0.0524. The summed E-state index contributed by atoms with van der Waals surface area (Å²) in [7, 11) is 1.91. The smallest absolute Gasteiger partial charge is 0.239 e. The summed E-state index contributed by atoms with van der Waals surface area (Å²) < 4.78 is 1.89. The molecule has 4 nitrogen and oxygen atoms in total. The van der Waals surface area contributed by atoms with Crippen LogP contribution in [0.15, 0.2) is 24.5 Å². The van der Waals surface area contributed by atoms with Gasteiger partial charge in [0.25, 0.3) is 0 Å². The number of aromatic nitrogens is 2. The Labute approximate surface area is 91.9 Å². The van der Waals surface area contributed by atoms with Crippen LogP contribution in [0.25, 0.3) is 11.0 Å². The van der Waals surface area contributed by atoms with E-state index in [-0.39, 0.29) is 11.8 Å². The number of hydrogen-bond acceptors (Lipinski definition) is 2. The number of nitrogens with one attached hydrogen (secondary N) is 1. The highest BCUT2D eigenvalue weighted by atomic mass is 35.5. The third kappa shape index (κ3) is 1.80. The van der Waals surface area contributed by atoms with Crippen LogP contribution in [-0.2, 0) is 11.8 Å². The molecule has 0 radical (unpaired) electrons. The van der Waals surface area contributed by atoms with Crippen molar-refractivity contribution in [1.29, 1.82) is 0 Å². The largest absolute Gasteiger partial charge is 0.334 e. The molecule has 0 aliphatic rings. The monoisotopic (exact) mass is 223 g/mol. The molecule has 0 saturated heterocycles. The van der Waals surface area contributed by atoms with Crippen molar-refractivity contribution in [3.63, 3.8) is 0 Å². The molecule has 0 atom stereocenters. The standard InChI is InChI=1S/C10H10ClN3O/c1-14-6-12-10-7(13-9(15)5-11)3-2-4-8(10)14/h2-4,6H,5H2,1H3,(H,13,15). The molecular formula is C10H10ClN3O. The first kappa shape index (κ1) is 9.98. The number of halogens is 1. The number of imidazole rings is 1. The molecule has 78 valence electrons. The van der Waals surface area contributed by atoms with Gasteiger partial charge in [-0.2, -0.15) is 0 Å². The van der Waals surface area contributed by atoms with E-state index in [4.69, 9.17) is 11.6 Å². The fourth-order valence-electron chi connectivity index (χ4n) is 1.44. The molecule has 5 heteroatoms. The van der Waals surface area contributed by atoms with Crippen molar-refractivity contribution in [1.82, 2.24) is 9.55 Å². The molecular weight excluding hydrogens is 214 g/mol. The molecule has 0 aliphatic carbocycles. The van der Waals surface area contributed by atoms with E-state index in [0.717, 1.165) is 11.0 Å². The minimum Gasteiger partial charge on any atom is -0.334 e. The summed E-state index contributed by atoms with van der Waals surface area (Å²) in [5.41, 5.74) is 2.44. The molecule has 0 unspecified atom stereocenters. The summed E-state index contributed by atoms with van der Waals surface area (Å²) in [5.74, 6) is -0.279. The number of fused-ring (bicyclic) bond motifs is 1. The first-order valence-corrected chi connectivity index (χ1v) is 5.01. The maximum Gasteiger partial charge on any atom is 0.239 e. The number of benzene rings is 1. The molecule has 0 spiro atoms. The van der Waals surface area contributed by atoms with Crippen molar-refractivity contribution in [3.05, 3.63) is 24.5 Å². The number of nitrogens with zero attached hydrogens (tertiary/aromatic N) is 2. The van der Waals surface area contributed by atoms with Gasteiger partial charge >= 0.3 is 0 Å². The van der Waals surface area contributed by atoms with Crippen LogP contribution in [-0.4, -0.2) is 21.3 Å². The molecule has 2 rings (SSSR count). The molecule has 1 amide bonds. The van der Waals surface area contributed by atoms with Gasteiger partial charge in [-0.25, -0.2) is 4.98 Å². The Balaban J connectivity index is 2.47. The van der Waals surface area contributed by atoms with Crippen LogP contribution < -0.4 is 5.32 Å². The van der Waals surface area contributed by atoms with E-state index in [0.29, 0.717) is 5.69 Å². The van der Waals surface area contributed by atoms with Gasteiger partial charge in [-0.15, -0.1) is 11.6 Å². The normalized spacial score (nSPS) is 10.5. The zero-order chi connectivity index (χ0) is 10.8. The number of hydrogen-bond donors (Lipinski definition) is 1. The lowest BCUT2D eigenvalue weighted by molar-refractivity contribution is -0.113. The van der Waals surface area contributed by atoms with Crippen LogP contribution in [0.1, 0.15) is 0 Å². The second-order valence-corrected chi connectivity index (χ2v) is 3.48. The van der Waals surface area contributed by atoms with Gasteiger partial charge < -0.3 is 9.88 Å². The minimum atomic E-state index is -0.227. The lowest BCUT2D eigenvalue weighted by atomic mass is 10.2. The van der Waals surface area contributed by atoms with Crippen LogP contribution in [0.5, 0.6) is 0 Å². The highest BCUT2D eigenvalue weighted by Gasteiger charge is 2.07. The first-order valence-electron chi connectivity index (χ1n) is 4.48. The lowest BCUT2D eigenvalue weighted by Gasteiger charge is -2.03. The zero-order valence-electron chi connectivity index (χ0n) is 8.20. The third-order valence-electron chi connectivity index (χ3n) is 2.15. The van der Waals surface area contributed by atoms with Gasteiger partial charge in [-0.1, -0.05) is 6.07 Å². The molecule has 1 aromatic heterocycles. The highest BCUT2D eigenvalue weighted by molar-refractivity contribution is 6.29. The van der Waals surface area contributed by atoms with Gasteiger partial charge in [0.1, 0.15) is 11.4 Å². The van der Waals surface area contributed by atoms with Crippen molar-refractivity contribution in [2.75, 3.05) is 11.2 Å². The Hall–Kier alpha value is -1.55. The fourth-order valence-corrected chi connectivity index (χ4v) is 1.51. The van der Waals surface area contributed by atoms with Crippen molar-refractivity contribution < 1.29 is 4.79 Å². The van der Waals surface area contributed by atoms with Crippen molar-refractivity contribution in [2.45, 2.75) is 0 Å². The number of para-hydroxylation sites is 1. The van der Waals surface area contributed by atoms with Crippen molar-refractivity contribution in [2.24, 2.45) is 7.05 Å². The molecule has 0 fully saturated rings. The van der Waals surface area contributed by atoms with E-state index in [9.17, 15) is 4.79 Å². The lowest BCUT2D eigenvalue weighted by Crippen LogP contribution is -2.12. The zero-order valence-corrected chi connectivity index (χ0v) is 8.95. The summed E-state index contributed by atoms with van der Waals surface area (Å²) in [6, 6.07) is 5.62. The Kier molecular flexibility index (Phi) is 2.60. The molecule has 0 bridgehead atoms. The summed E-state index contributed by atoms with van der Waals surface area (Å²) in [6.45, 7) is 0. The second-order valence-electron chi connectivity index (χ2n) is 3.21. The number of carbonyl (C=O) groups is 1. The summed E-state index contributed by atoms with van der Waals surface area (Å²) in [6.07, 6.45) is 1.71. The Morgan fingerprint density at radius 1 is 1.60 bits per heavy atom. The Morgan fingerprint density at radius 3 is 3.13 bits per heavy atom. The van der Waals surface area contributed by atoms with E-state index in [1.165, 1.54) is 0 Å². The maximum atomic E-state index is 11.2. The Bertz CT molecular complexity index is 506. The van der Waals surface area contributed by atoms with Gasteiger partial charge in [0.05, 0.1) is 17.5 Å². The average molecular weight is 224 g/mol. The van der Waals surface area contributed by atoms with Crippen molar-refractivity contribution >= 4 is 34.2 Å². The first-order chi connectivity index (χ1) is 7.22. The summed E-state index contributed by atoms with van der Waals surface area (Å²) in [4.78, 5) is 15.4. The van der Waals surface area contributed by atoms with Crippen LogP contribution in [0.2, 0.25) is 0 Å². The van der Waals surface area contributed by atoms with Crippen LogP contribution in [0.3, 0.4) is 0 Å². The van der Waals surface area contributed by atoms with E-state index in [2.05, 4.69) is 10.3 Å². The molecule has 1 N–H and O–H groups in total. The molecule has 1 aromatic carbocycles. The van der Waals surface area contributed by atoms with Gasteiger partial charge in [0.2, 0.25) is 5.91 Å². The number of alkyl halides is 1. The van der Waals surface area contributed by atoms with E-state index >= 15 is 0 Å². The summed E-state index contributed by atoms with van der Waals surface area (Å²) >= 11 is 5.42. The quantitative estimate of drug-likeness (QED) is 0.789. The Morgan fingerprint density at radius 2 is 2.40 bits per heavy atom. The van der Waals surface area contributed by atoms with Crippen LogP contribution >= 0.6 is 11.6 Å². The van der Waals surface area contributed by atoms with E-state index in [1.54, 1.807) is 12.4 Å². The topological polar surface area (TPSA) is 46.9 Å². The predicted octanol–water partition coefficient (Wildman–Crippen LogP) is 1.75. The molecule has 0 saturated carbocycles. The number of aryl methyl sites for hydroxylation is 1. The second kappa shape index (κ2) is 3.90. The van der Waals surface area contributed by atoms with Crippen LogP contribution in [0, 0.1) is 0 Å². The number of carbonyl (C=O) groups excluding carboxylic acids is 1. The molecule has 15 heavy (non-hydrogen) atoms. The molecule has 0 aliphatic heterocycles. The maximum absolute atomic E-state index is 11.2. The van der Waals surface area contributed by atoms with E-state index < -0.39 is 0 Å². The fraction of sp³-hybridized carbons (Fsp3) is 0.200. The third-order valence-corrected chi connectivity index (χ3v) is 2.39. The summed E-state index contributed by atoms with van der Waals surface area (Å²) in [5, 5.41) is 2.70. The van der Waals surface area contributed by atoms with Gasteiger partial charge in [-0.05, 0) is 12.1 Å². The van der Waals surface area contributed by atoms with Crippen molar-refractivity contribution in [3.8, 4) is 0 Å². The van der Waals surface area contributed by atoms with Gasteiger partial charge in [0, 0.05) is 7.05 Å². The van der Waals surface area contributed by atoms with E-state index in [1.807, 2.05) is 23.7 Å².